The van der Waals surface area contributed by atoms with Gasteiger partial charge < -0.3 is 19.3 Å². The first kappa shape index (κ1) is 23.3. The molecule has 1 N–H and O–H groups in total. The van der Waals surface area contributed by atoms with E-state index >= 15 is 0 Å². The van der Waals surface area contributed by atoms with E-state index < -0.39 is 12.0 Å². The maximum absolute atomic E-state index is 13.7. The SMILES string of the molecule is CCOC(=O)C1=C(C)N=c2s/c(=C\c3ccccc3O)c(=O)n2[C@@H]1c1cc(OC)ccc1OC. The van der Waals surface area contributed by atoms with Crippen LogP contribution in [-0.4, -0.2) is 36.5 Å². The van der Waals surface area contributed by atoms with E-state index in [9.17, 15) is 14.7 Å². The van der Waals surface area contributed by atoms with E-state index in [4.69, 9.17) is 14.2 Å². The number of rotatable bonds is 6. The molecule has 2 heterocycles. The van der Waals surface area contributed by atoms with Crippen molar-refractivity contribution in [3.8, 4) is 17.2 Å². The summed E-state index contributed by atoms with van der Waals surface area (Å²) in [5, 5.41) is 10.2. The van der Waals surface area contributed by atoms with Crippen molar-refractivity contribution < 1.29 is 24.1 Å². The maximum atomic E-state index is 13.7. The van der Waals surface area contributed by atoms with Gasteiger partial charge in [0.25, 0.3) is 5.56 Å². The van der Waals surface area contributed by atoms with Crippen LogP contribution in [0.4, 0.5) is 0 Å². The lowest BCUT2D eigenvalue weighted by Gasteiger charge is -2.26. The van der Waals surface area contributed by atoms with E-state index in [1.807, 2.05) is 0 Å². The summed E-state index contributed by atoms with van der Waals surface area (Å²) in [6.07, 6.45) is 1.61. The lowest BCUT2D eigenvalue weighted by molar-refractivity contribution is -0.139. The zero-order valence-corrected chi connectivity index (χ0v) is 20.0. The largest absolute Gasteiger partial charge is 0.507 e. The molecule has 0 fully saturated rings. The molecule has 0 aliphatic carbocycles. The van der Waals surface area contributed by atoms with Gasteiger partial charge in [-0.05, 0) is 44.2 Å². The molecule has 9 heteroatoms. The van der Waals surface area contributed by atoms with Crippen molar-refractivity contribution in [1.29, 1.82) is 0 Å². The Kier molecular flexibility index (Phi) is 6.56. The number of hydrogen-bond donors (Lipinski definition) is 1. The van der Waals surface area contributed by atoms with Gasteiger partial charge in [0, 0.05) is 11.1 Å². The van der Waals surface area contributed by atoms with Crippen LogP contribution in [0.2, 0.25) is 0 Å². The maximum Gasteiger partial charge on any atom is 0.338 e. The summed E-state index contributed by atoms with van der Waals surface area (Å²) < 4.78 is 18.1. The molecule has 8 nitrogen and oxygen atoms in total. The minimum Gasteiger partial charge on any atom is -0.507 e. The molecule has 0 spiro atoms. The number of phenols is 1. The third-order valence-corrected chi connectivity index (χ3v) is 6.45. The molecular weight excluding hydrogens is 456 g/mol. The van der Waals surface area contributed by atoms with Gasteiger partial charge in [-0.15, -0.1) is 0 Å². The summed E-state index contributed by atoms with van der Waals surface area (Å²) in [6.45, 7) is 3.61. The summed E-state index contributed by atoms with van der Waals surface area (Å²) >= 11 is 1.18. The lowest BCUT2D eigenvalue weighted by atomic mass is 9.94. The minimum atomic E-state index is -0.841. The van der Waals surface area contributed by atoms with E-state index in [1.54, 1.807) is 62.4 Å². The Morgan fingerprint density at radius 1 is 1.21 bits per heavy atom. The second kappa shape index (κ2) is 9.56. The van der Waals surface area contributed by atoms with Crippen LogP contribution in [0.5, 0.6) is 17.2 Å². The molecule has 2 aromatic carbocycles. The molecule has 1 aromatic heterocycles. The van der Waals surface area contributed by atoms with Gasteiger partial charge in [-0.3, -0.25) is 9.36 Å². The minimum absolute atomic E-state index is 0.0581. The lowest BCUT2D eigenvalue weighted by Crippen LogP contribution is -2.40. The number of allylic oxidation sites excluding steroid dienone is 1. The van der Waals surface area contributed by atoms with Crippen molar-refractivity contribution in [2.24, 2.45) is 4.99 Å². The number of methoxy groups -OCH3 is 2. The number of phenolic OH excluding ortho intramolecular Hbond substituents is 1. The van der Waals surface area contributed by atoms with Gasteiger partial charge >= 0.3 is 5.97 Å². The molecule has 0 amide bonds. The first-order chi connectivity index (χ1) is 16.4. The molecule has 1 atom stereocenters. The molecule has 1 aliphatic rings. The zero-order chi connectivity index (χ0) is 24.4. The number of carbonyl (C=O) groups is 1. The molecule has 0 radical (unpaired) electrons. The average molecular weight is 481 g/mol. The highest BCUT2D eigenvalue weighted by atomic mass is 32.1. The van der Waals surface area contributed by atoms with Crippen LogP contribution in [0.25, 0.3) is 6.08 Å². The van der Waals surface area contributed by atoms with Gasteiger partial charge in [0.15, 0.2) is 4.80 Å². The van der Waals surface area contributed by atoms with E-state index in [0.29, 0.717) is 37.7 Å². The zero-order valence-electron chi connectivity index (χ0n) is 19.2. The number of benzene rings is 2. The summed E-state index contributed by atoms with van der Waals surface area (Å²) in [6, 6.07) is 11.1. The topological polar surface area (TPSA) is 99.4 Å². The Labute approximate surface area is 199 Å². The Morgan fingerprint density at radius 2 is 1.97 bits per heavy atom. The first-order valence-corrected chi connectivity index (χ1v) is 11.4. The van der Waals surface area contributed by atoms with Crippen molar-refractivity contribution in [2.75, 3.05) is 20.8 Å². The Balaban J connectivity index is 2.03. The van der Waals surface area contributed by atoms with Crippen molar-refractivity contribution in [3.63, 3.8) is 0 Å². The molecule has 0 saturated heterocycles. The number of aromatic hydroxyl groups is 1. The van der Waals surface area contributed by atoms with Gasteiger partial charge in [-0.1, -0.05) is 29.5 Å². The molecule has 0 unspecified atom stereocenters. The van der Waals surface area contributed by atoms with Gasteiger partial charge in [0.2, 0.25) is 0 Å². The summed E-state index contributed by atoms with van der Waals surface area (Å²) in [5.41, 5.74) is 1.41. The Morgan fingerprint density at radius 3 is 2.65 bits per heavy atom. The fourth-order valence-electron chi connectivity index (χ4n) is 3.89. The fourth-order valence-corrected chi connectivity index (χ4v) is 4.93. The molecule has 0 bridgehead atoms. The molecule has 176 valence electrons. The number of aromatic nitrogens is 1. The summed E-state index contributed by atoms with van der Waals surface area (Å²) in [4.78, 5) is 31.7. The highest BCUT2D eigenvalue weighted by Gasteiger charge is 2.35. The Hall–Kier alpha value is -3.85. The smallest absolute Gasteiger partial charge is 0.338 e. The predicted molar refractivity (Wildman–Crippen MR) is 128 cm³/mol. The number of ether oxygens (including phenoxy) is 3. The average Bonchev–Trinajstić information content (AvgIpc) is 3.13. The van der Waals surface area contributed by atoms with E-state index in [1.165, 1.54) is 30.1 Å². The van der Waals surface area contributed by atoms with Crippen molar-refractivity contribution >= 4 is 23.4 Å². The van der Waals surface area contributed by atoms with E-state index in [-0.39, 0.29) is 23.5 Å². The second-order valence-corrected chi connectivity index (χ2v) is 8.48. The number of para-hydroxylation sites is 1. The number of thiazole rings is 1. The molecule has 34 heavy (non-hydrogen) atoms. The van der Waals surface area contributed by atoms with Crippen LogP contribution < -0.4 is 24.4 Å². The van der Waals surface area contributed by atoms with E-state index in [0.717, 1.165) is 0 Å². The van der Waals surface area contributed by atoms with E-state index in [2.05, 4.69) is 4.99 Å². The van der Waals surface area contributed by atoms with Crippen molar-refractivity contribution in [3.05, 3.63) is 84.5 Å². The number of carbonyl (C=O) groups excluding carboxylic acids is 1. The number of nitrogens with zero attached hydrogens (tertiary/aromatic N) is 2. The molecule has 3 aromatic rings. The van der Waals surface area contributed by atoms with Gasteiger partial charge in [-0.25, -0.2) is 9.79 Å². The predicted octanol–water partition coefficient (Wildman–Crippen LogP) is 2.52. The molecule has 4 rings (SSSR count). The quantitative estimate of drug-likeness (QED) is 0.545. The number of esters is 1. The molecule has 0 saturated carbocycles. The van der Waals surface area contributed by atoms with Crippen molar-refractivity contribution in [1.82, 2.24) is 4.57 Å². The monoisotopic (exact) mass is 480 g/mol. The van der Waals surface area contributed by atoms with Crippen LogP contribution in [0, 0.1) is 0 Å². The van der Waals surface area contributed by atoms with Gasteiger partial charge in [-0.2, -0.15) is 0 Å². The van der Waals surface area contributed by atoms with Crippen LogP contribution in [0.1, 0.15) is 31.0 Å². The third-order valence-electron chi connectivity index (χ3n) is 5.47. The highest BCUT2D eigenvalue weighted by Crippen LogP contribution is 2.37. The van der Waals surface area contributed by atoms with Crippen molar-refractivity contribution in [2.45, 2.75) is 19.9 Å². The van der Waals surface area contributed by atoms with Crippen LogP contribution in [-0.2, 0) is 9.53 Å². The van der Waals surface area contributed by atoms with Gasteiger partial charge in [0.05, 0.1) is 36.6 Å². The fraction of sp³-hybridized carbons (Fsp3) is 0.240. The second-order valence-electron chi connectivity index (χ2n) is 7.47. The normalized spacial score (nSPS) is 15.5. The molecule has 1 aliphatic heterocycles. The van der Waals surface area contributed by atoms with Crippen LogP contribution >= 0.6 is 11.3 Å². The summed E-state index contributed by atoms with van der Waals surface area (Å²) in [7, 11) is 3.06. The van der Waals surface area contributed by atoms with Crippen LogP contribution in [0.3, 0.4) is 0 Å². The van der Waals surface area contributed by atoms with Gasteiger partial charge in [0.1, 0.15) is 23.3 Å². The number of hydrogen-bond acceptors (Lipinski definition) is 8. The Bertz CT molecular complexity index is 1470. The standard InChI is InChI=1S/C25H24N2O6S/c1-5-33-24(30)21-14(2)26-25-27(22(21)17-13-16(31-3)10-11-19(17)32-4)23(29)20(34-25)12-15-8-6-7-9-18(15)28/h6-13,22,28H,5H2,1-4H3/b20-12-/t22-/m1/s1. The third kappa shape index (κ3) is 4.10. The summed E-state index contributed by atoms with van der Waals surface area (Å²) in [5.74, 6) is 0.527. The first-order valence-electron chi connectivity index (χ1n) is 10.6. The highest BCUT2D eigenvalue weighted by molar-refractivity contribution is 7.07. The number of fused-ring (bicyclic) bond motifs is 1. The molecular formula is C25H24N2O6S. The van der Waals surface area contributed by atoms with Crippen LogP contribution in [0.15, 0.2) is 63.5 Å².